The van der Waals surface area contributed by atoms with E-state index in [2.05, 4.69) is 25.5 Å². The van der Waals surface area contributed by atoms with Crippen LogP contribution in [-0.4, -0.2) is 62.8 Å². The number of hydrogen-bond acceptors (Lipinski definition) is 10. The lowest BCUT2D eigenvalue weighted by Crippen LogP contribution is -2.38. The number of carbonyl (C=O) groups is 1. The van der Waals surface area contributed by atoms with Crippen LogP contribution < -0.4 is 15.5 Å². The molecule has 0 radical (unpaired) electrons. The standard InChI is InChI=1S/C38H45N5O6S/c1-43(20-18-29-23-40-36(49-29)38(48,26-8-4-2-5-9-26)27-10-6-3-7-11-27)21-19-33(46)41-28-14-12-25(13-15-28)22-39-24-32(45)30-16-17-31(44)34-35(30)50-37(47)42-34/h2,4-5,8-9,12-17,23,27,32,39,44-45,48H,3,6-7,10-11,18-22,24H2,1H3,(H,41,46)(H,42,47)/t32-,38-/m0/s1. The Bertz CT molecular complexity index is 1920. The second-order valence-corrected chi connectivity index (χ2v) is 14.2. The number of aromatic hydroxyl groups is 1. The van der Waals surface area contributed by atoms with E-state index in [1.165, 1.54) is 12.5 Å². The molecule has 0 bridgehead atoms. The predicted molar refractivity (Wildman–Crippen MR) is 194 cm³/mol. The zero-order valence-corrected chi connectivity index (χ0v) is 29.0. The zero-order valence-electron chi connectivity index (χ0n) is 28.2. The largest absolute Gasteiger partial charge is 0.506 e. The van der Waals surface area contributed by atoms with E-state index >= 15 is 0 Å². The summed E-state index contributed by atoms with van der Waals surface area (Å²) in [6, 6.07) is 20.3. The van der Waals surface area contributed by atoms with Crippen LogP contribution in [0.2, 0.25) is 0 Å². The van der Waals surface area contributed by atoms with Gasteiger partial charge >= 0.3 is 4.87 Å². The third kappa shape index (κ3) is 8.34. The summed E-state index contributed by atoms with van der Waals surface area (Å²) in [6.45, 7) is 2.00. The predicted octanol–water partition coefficient (Wildman–Crippen LogP) is 5.43. The number of aliphatic hydroxyl groups is 2. The molecule has 0 aliphatic heterocycles. The molecule has 6 N–H and O–H groups in total. The Kier molecular flexibility index (Phi) is 11.5. The SMILES string of the molecule is CN(CCC(=O)Nc1ccc(CNC[C@H](O)c2ccc(O)c3[nH]c(=O)sc23)cc1)CCc1cnc([C@](O)(c2ccccc2)C2CCCCC2)o1. The van der Waals surface area contributed by atoms with Gasteiger partial charge in [0.2, 0.25) is 11.8 Å². The Morgan fingerprint density at radius 1 is 1.08 bits per heavy atom. The van der Waals surface area contributed by atoms with Crippen molar-refractivity contribution in [1.82, 2.24) is 20.2 Å². The number of fused-ring (bicyclic) bond motifs is 1. The van der Waals surface area contributed by atoms with Crippen molar-refractivity contribution in [2.75, 3.05) is 32.0 Å². The molecule has 1 aliphatic carbocycles. The summed E-state index contributed by atoms with van der Waals surface area (Å²) < 4.78 is 6.74. The van der Waals surface area contributed by atoms with E-state index in [-0.39, 0.29) is 29.0 Å². The number of aromatic amines is 1. The van der Waals surface area contributed by atoms with Gasteiger partial charge in [0.25, 0.3) is 0 Å². The first-order valence-corrected chi connectivity index (χ1v) is 18.1. The lowest BCUT2D eigenvalue weighted by molar-refractivity contribution is -0.116. The van der Waals surface area contributed by atoms with Crippen LogP contribution >= 0.6 is 11.3 Å². The molecule has 2 aromatic heterocycles. The van der Waals surface area contributed by atoms with Crippen molar-refractivity contribution < 1.29 is 24.5 Å². The van der Waals surface area contributed by atoms with Gasteiger partial charge in [-0.05, 0) is 49.2 Å². The Morgan fingerprint density at radius 2 is 1.84 bits per heavy atom. The topological polar surface area (TPSA) is 164 Å². The first-order valence-electron chi connectivity index (χ1n) is 17.2. The number of phenolic OH excluding ortho intramolecular Hbond substituents is 1. The number of anilines is 1. The summed E-state index contributed by atoms with van der Waals surface area (Å²) in [4.78, 5) is 33.4. The summed E-state index contributed by atoms with van der Waals surface area (Å²) in [7, 11) is 1.97. The average molecular weight is 700 g/mol. The Balaban J connectivity index is 0.933. The van der Waals surface area contributed by atoms with Crippen LogP contribution in [0.5, 0.6) is 5.75 Å². The first kappa shape index (κ1) is 35.5. The number of hydrogen-bond donors (Lipinski definition) is 6. The number of oxazole rings is 1. The molecule has 0 spiro atoms. The van der Waals surface area contributed by atoms with E-state index in [4.69, 9.17) is 4.42 Å². The number of carbonyl (C=O) groups excluding carboxylic acids is 1. The van der Waals surface area contributed by atoms with Gasteiger partial charge in [0.15, 0.2) is 5.60 Å². The van der Waals surface area contributed by atoms with Gasteiger partial charge in [-0.3, -0.25) is 9.59 Å². The second kappa shape index (κ2) is 16.1. The van der Waals surface area contributed by atoms with Crippen LogP contribution in [0.15, 0.2) is 82.1 Å². The summed E-state index contributed by atoms with van der Waals surface area (Å²) in [5.74, 6) is 1.02. The number of thiazole rings is 1. The fraction of sp³-hybridized carbons (Fsp3) is 0.395. The molecule has 1 fully saturated rings. The van der Waals surface area contributed by atoms with E-state index in [9.17, 15) is 24.9 Å². The van der Waals surface area contributed by atoms with E-state index in [0.29, 0.717) is 65.6 Å². The van der Waals surface area contributed by atoms with Crippen LogP contribution in [0.25, 0.3) is 10.2 Å². The maximum Gasteiger partial charge on any atom is 0.305 e. The summed E-state index contributed by atoms with van der Waals surface area (Å²) in [5.41, 5.74) is 2.16. The third-order valence-corrected chi connectivity index (χ3v) is 10.5. The fourth-order valence-electron chi connectivity index (χ4n) is 6.75. The van der Waals surface area contributed by atoms with Crippen LogP contribution in [0.1, 0.15) is 73.0 Å². The summed E-state index contributed by atoms with van der Waals surface area (Å²) in [5, 5.41) is 38.9. The van der Waals surface area contributed by atoms with Crippen molar-refractivity contribution in [3.63, 3.8) is 0 Å². The van der Waals surface area contributed by atoms with Gasteiger partial charge in [-0.15, -0.1) is 0 Å². The minimum Gasteiger partial charge on any atom is -0.506 e. The number of nitrogens with zero attached hydrogens (tertiary/aromatic N) is 2. The number of H-pyrrole nitrogens is 1. The Labute approximate surface area is 295 Å². The third-order valence-electron chi connectivity index (χ3n) is 9.60. The summed E-state index contributed by atoms with van der Waals surface area (Å²) in [6.07, 6.45) is 7.05. The van der Waals surface area contributed by atoms with Gasteiger partial charge in [0.1, 0.15) is 17.0 Å². The van der Waals surface area contributed by atoms with E-state index in [1.807, 2.05) is 61.6 Å². The molecule has 50 heavy (non-hydrogen) atoms. The van der Waals surface area contributed by atoms with Crippen molar-refractivity contribution in [3.8, 4) is 5.75 Å². The Morgan fingerprint density at radius 3 is 2.60 bits per heavy atom. The number of aromatic nitrogens is 2. The van der Waals surface area contributed by atoms with Gasteiger partial charge in [-0.1, -0.05) is 79.1 Å². The molecule has 3 aromatic carbocycles. The highest BCUT2D eigenvalue weighted by Gasteiger charge is 2.44. The number of phenols is 1. The van der Waals surface area contributed by atoms with Gasteiger partial charge in [0.05, 0.1) is 17.0 Å². The van der Waals surface area contributed by atoms with Crippen molar-refractivity contribution >= 4 is 33.1 Å². The van der Waals surface area contributed by atoms with Crippen LogP contribution in [-0.2, 0) is 23.4 Å². The molecular formula is C38H45N5O6S. The number of aliphatic hydroxyl groups excluding tert-OH is 1. The number of amides is 1. The van der Waals surface area contributed by atoms with E-state index in [0.717, 1.165) is 48.1 Å². The molecule has 2 atom stereocenters. The number of nitrogens with one attached hydrogen (secondary N) is 3. The normalized spacial score (nSPS) is 15.7. The average Bonchev–Trinajstić information content (AvgIpc) is 3.78. The zero-order chi connectivity index (χ0) is 35.1. The highest BCUT2D eigenvalue weighted by atomic mass is 32.1. The monoisotopic (exact) mass is 699 g/mol. The van der Waals surface area contributed by atoms with Gasteiger partial charge in [-0.2, -0.15) is 0 Å². The molecule has 11 nitrogen and oxygen atoms in total. The molecule has 5 aromatic rings. The highest BCUT2D eigenvalue weighted by Crippen LogP contribution is 2.43. The maximum atomic E-state index is 12.7. The van der Waals surface area contributed by atoms with Crippen molar-refractivity contribution in [1.29, 1.82) is 0 Å². The summed E-state index contributed by atoms with van der Waals surface area (Å²) >= 11 is 0.959. The molecule has 12 heteroatoms. The number of likely N-dealkylation sites (N-methyl/N-ethyl adjacent to an activating group) is 1. The smallest absolute Gasteiger partial charge is 0.305 e. The number of rotatable bonds is 15. The fourth-order valence-corrected chi connectivity index (χ4v) is 7.66. The van der Waals surface area contributed by atoms with Crippen molar-refractivity contribution in [3.05, 3.63) is 111 Å². The van der Waals surface area contributed by atoms with Crippen LogP contribution in [0, 0.1) is 5.92 Å². The minimum absolute atomic E-state index is 0.0259. The van der Waals surface area contributed by atoms with Crippen LogP contribution in [0.4, 0.5) is 5.69 Å². The number of benzene rings is 3. The van der Waals surface area contributed by atoms with E-state index in [1.54, 1.807) is 12.3 Å². The molecule has 2 heterocycles. The van der Waals surface area contributed by atoms with E-state index < -0.39 is 11.7 Å². The van der Waals surface area contributed by atoms with Crippen molar-refractivity contribution in [2.45, 2.75) is 63.2 Å². The first-order chi connectivity index (χ1) is 24.2. The van der Waals surface area contributed by atoms with Gasteiger partial charge in [0, 0.05) is 56.2 Å². The lowest BCUT2D eigenvalue weighted by atomic mass is 9.73. The molecule has 1 saturated carbocycles. The second-order valence-electron chi connectivity index (χ2n) is 13.2. The molecule has 0 saturated heterocycles. The highest BCUT2D eigenvalue weighted by molar-refractivity contribution is 7.16. The van der Waals surface area contributed by atoms with Crippen molar-refractivity contribution in [2.24, 2.45) is 5.92 Å². The lowest BCUT2D eigenvalue weighted by Gasteiger charge is -2.36. The molecule has 6 rings (SSSR count). The van der Waals surface area contributed by atoms with Crippen LogP contribution in [0.3, 0.4) is 0 Å². The molecule has 0 unspecified atom stereocenters. The molecular weight excluding hydrogens is 655 g/mol. The molecule has 1 aliphatic rings. The maximum absolute atomic E-state index is 12.7. The van der Waals surface area contributed by atoms with Gasteiger partial charge in [-0.25, -0.2) is 4.98 Å². The molecule has 1 amide bonds. The van der Waals surface area contributed by atoms with Gasteiger partial charge < -0.3 is 40.3 Å². The Hall–Kier alpha value is -4.33. The minimum atomic E-state index is -1.25. The molecule has 264 valence electrons. The quantitative estimate of drug-likeness (QED) is 0.0837.